The van der Waals surface area contributed by atoms with E-state index >= 15 is 0 Å². The molecule has 1 fully saturated rings. The summed E-state index contributed by atoms with van der Waals surface area (Å²) in [5.74, 6) is -0.872. The van der Waals surface area contributed by atoms with Gasteiger partial charge in [-0.1, -0.05) is 17.3 Å². The predicted molar refractivity (Wildman–Crippen MR) is 109 cm³/mol. The molecule has 1 aliphatic rings. The largest absolute Gasteiger partial charge is 0.480 e. The van der Waals surface area contributed by atoms with E-state index in [1.165, 1.54) is 0 Å². The Labute approximate surface area is 173 Å². The maximum Gasteiger partial charge on any atom is 0.317 e. The Morgan fingerprint density at radius 1 is 0.967 bits per heavy atom. The van der Waals surface area contributed by atoms with Crippen molar-refractivity contribution in [2.24, 2.45) is 0 Å². The zero-order valence-electron chi connectivity index (χ0n) is 16.4. The molecule has 1 N–H and O–H groups in total. The summed E-state index contributed by atoms with van der Waals surface area (Å²) in [5, 5.41) is 17.2. The summed E-state index contributed by atoms with van der Waals surface area (Å²) in [6.07, 6.45) is 5.32. The van der Waals surface area contributed by atoms with Gasteiger partial charge in [0.05, 0.1) is 19.3 Å². The van der Waals surface area contributed by atoms with Crippen molar-refractivity contribution in [1.29, 1.82) is 0 Å². The van der Waals surface area contributed by atoms with Crippen LogP contribution in [-0.2, 0) is 11.3 Å². The average Bonchev–Trinajstić information content (AvgIpc) is 3.23. The first-order valence-electron chi connectivity index (χ1n) is 9.71. The van der Waals surface area contributed by atoms with Crippen LogP contribution in [-0.4, -0.2) is 79.5 Å². The fourth-order valence-corrected chi connectivity index (χ4v) is 3.45. The number of hydrogen-bond acceptors (Lipinski definition) is 6. The van der Waals surface area contributed by atoms with Crippen molar-refractivity contribution in [1.82, 2.24) is 29.8 Å². The van der Waals surface area contributed by atoms with Crippen LogP contribution in [0.15, 0.2) is 55.0 Å². The molecular weight excluding hydrogens is 384 g/mol. The van der Waals surface area contributed by atoms with E-state index in [4.69, 9.17) is 5.11 Å². The van der Waals surface area contributed by atoms with E-state index in [2.05, 4.69) is 15.3 Å². The van der Waals surface area contributed by atoms with Crippen LogP contribution in [0, 0.1) is 0 Å². The first kappa shape index (κ1) is 19.7. The lowest BCUT2D eigenvalue weighted by atomic mass is 10.1. The highest BCUT2D eigenvalue weighted by Gasteiger charge is 2.23. The van der Waals surface area contributed by atoms with Gasteiger partial charge in [0.25, 0.3) is 5.91 Å². The second kappa shape index (κ2) is 8.83. The van der Waals surface area contributed by atoms with Gasteiger partial charge in [-0.25, -0.2) is 4.68 Å². The van der Waals surface area contributed by atoms with Gasteiger partial charge in [0.15, 0.2) is 0 Å². The molecule has 3 aromatic rings. The van der Waals surface area contributed by atoms with Gasteiger partial charge in [-0.05, 0) is 29.8 Å². The van der Waals surface area contributed by atoms with E-state index in [0.717, 1.165) is 16.8 Å². The number of pyridine rings is 1. The number of benzene rings is 1. The Balaban J connectivity index is 1.35. The number of aromatic nitrogens is 4. The second-order valence-corrected chi connectivity index (χ2v) is 7.20. The summed E-state index contributed by atoms with van der Waals surface area (Å²) < 4.78 is 1.76. The summed E-state index contributed by atoms with van der Waals surface area (Å²) in [6.45, 7) is 2.78. The molecule has 3 heterocycles. The Morgan fingerprint density at radius 3 is 2.33 bits per heavy atom. The summed E-state index contributed by atoms with van der Waals surface area (Å²) in [7, 11) is 0. The minimum Gasteiger partial charge on any atom is -0.480 e. The molecule has 0 bridgehead atoms. The fourth-order valence-electron chi connectivity index (χ4n) is 3.45. The third-order valence-corrected chi connectivity index (χ3v) is 5.08. The first-order valence-corrected chi connectivity index (χ1v) is 9.71. The topological polar surface area (TPSA) is 104 Å². The normalized spacial score (nSPS) is 14.6. The zero-order chi connectivity index (χ0) is 20.9. The van der Waals surface area contributed by atoms with Crippen LogP contribution < -0.4 is 0 Å². The summed E-state index contributed by atoms with van der Waals surface area (Å²) in [5.41, 5.74) is 3.39. The Hall–Kier alpha value is -3.59. The van der Waals surface area contributed by atoms with Gasteiger partial charge in [0, 0.05) is 49.7 Å². The van der Waals surface area contributed by atoms with Crippen LogP contribution >= 0.6 is 0 Å². The summed E-state index contributed by atoms with van der Waals surface area (Å²) >= 11 is 0. The van der Waals surface area contributed by atoms with Gasteiger partial charge in [0.2, 0.25) is 0 Å². The van der Waals surface area contributed by atoms with Gasteiger partial charge in [-0.2, -0.15) is 0 Å². The molecule has 1 aromatic carbocycles. The monoisotopic (exact) mass is 406 g/mol. The van der Waals surface area contributed by atoms with Crippen molar-refractivity contribution in [3.63, 3.8) is 0 Å². The number of aliphatic carboxylic acids is 1. The molecule has 0 atom stereocenters. The van der Waals surface area contributed by atoms with Crippen LogP contribution in [0.4, 0.5) is 0 Å². The van der Waals surface area contributed by atoms with Crippen molar-refractivity contribution in [3.05, 3.63) is 66.1 Å². The number of rotatable bonds is 6. The summed E-state index contributed by atoms with van der Waals surface area (Å²) in [6, 6.07) is 11.2. The lowest BCUT2D eigenvalue weighted by Crippen LogP contribution is -2.49. The van der Waals surface area contributed by atoms with Gasteiger partial charge >= 0.3 is 5.97 Å². The van der Waals surface area contributed by atoms with E-state index < -0.39 is 5.97 Å². The molecule has 0 spiro atoms. The molecule has 30 heavy (non-hydrogen) atoms. The van der Waals surface area contributed by atoms with Gasteiger partial charge < -0.3 is 10.0 Å². The van der Waals surface area contributed by atoms with Gasteiger partial charge in [-0.3, -0.25) is 19.5 Å². The third kappa shape index (κ3) is 4.69. The molecule has 9 heteroatoms. The SMILES string of the molecule is O=C(O)CN1CCN(C(=O)c2ccc(Cn3cc(-c4ccncc4)nn3)cc2)CC1. The number of piperazine rings is 1. The Morgan fingerprint density at radius 2 is 1.67 bits per heavy atom. The fraction of sp³-hybridized carbons (Fsp3) is 0.286. The van der Waals surface area contributed by atoms with E-state index in [-0.39, 0.29) is 12.5 Å². The second-order valence-electron chi connectivity index (χ2n) is 7.20. The standard InChI is InChI=1S/C21H22N6O3/c28-20(29)15-25-9-11-26(12-10-25)21(30)18-3-1-16(2-4-18)13-27-14-19(23-24-27)17-5-7-22-8-6-17/h1-8,14H,9-13,15H2,(H,28,29). The van der Waals surface area contributed by atoms with E-state index in [1.54, 1.807) is 22.0 Å². The third-order valence-electron chi connectivity index (χ3n) is 5.08. The van der Waals surface area contributed by atoms with Crippen LogP contribution in [0.2, 0.25) is 0 Å². The van der Waals surface area contributed by atoms with Crippen molar-refractivity contribution in [2.45, 2.75) is 6.54 Å². The molecule has 0 radical (unpaired) electrons. The number of carbonyl (C=O) groups excluding carboxylic acids is 1. The zero-order valence-corrected chi connectivity index (χ0v) is 16.4. The van der Waals surface area contributed by atoms with Crippen molar-refractivity contribution >= 4 is 11.9 Å². The molecular formula is C21H22N6O3. The Kier molecular flexibility index (Phi) is 5.80. The number of carboxylic acid groups (broad SMARTS) is 1. The van der Waals surface area contributed by atoms with Crippen LogP contribution in [0.5, 0.6) is 0 Å². The molecule has 154 valence electrons. The molecule has 1 aliphatic heterocycles. The highest BCUT2D eigenvalue weighted by atomic mass is 16.4. The summed E-state index contributed by atoms with van der Waals surface area (Å²) in [4.78, 5) is 31.1. The van der Waals surface area contributed by atoms with E-state index in [9.17, 15) is 9.59 Å². The lowest BCUT2D eigenvalue weighted by Gasteiger charge is -2.33. The lowest BCUT2D eigenvalue weighted by molar-refractivity contribution is -0.138. The molecule has 1 amide bonds. The predicted octanol–water partition coefficient (Wildman–Crippen LogP) is 1.23. The molecule has 1 saturated heterocycles. The number of carbonyl (C=O) groups is 2. The average molecular weight is 406 g/mol. The molecule has 0 aliphatic carbocycles. The maximum atomic E-state index is 12.7. The minimum absolute atomic E-state index is 0.0158. The number of hydrogen-bond donors (Lipinski definition) is 1. The maximum absolute atomic E-state index is 12.7. The molecule has 0 unspecified atom stereocenters. The Bertz CT molecular complexity index is 1010. The molecule has 0 saturated carbocycles. The van der Waals surface area contributed by atoms with Crippen molar-refractivity contribution < 1.29 is 14.7 Å². The first-order chi connectivity index (χ1) is 14.6. The van der Waals surface area contributed by atoms with Crippen LogP contribution in [0.25, 0.3) is 11.3 Å². The van der Waals surface area contributed by atoms with Crippen LogP contribution in [0.3, 0.4) is 0 Å². The van der Waals surface area contributed by atoms with E-state index in [1.807, 2.05) is 47.5 Å². The van der Waals surface area contributed by atoms with Crippen LogP contribution in [0.1, 0.15) is 15.9 Å². The van der Waals surface area contributed by atoms with E-state index in [0.29, 0.717) is 38.3 Å². The van der Waals surface area contributed by atoms with Crippen molar-refractivity contribution in [3.8, 4) is 11.3 Å². The molecule has 2 aromatic heterocycles. The number of nitrogens with zero attached hydrogens (tertiary/aromatic N) is 6. The van der Waals surface area contributed by atoms with Gasteiger partial charge in [-0.15, -0.1) is 5.10 Å². The smallest absolute Gasteiger partial charge is 0.317 e. The number of carboxylic acids is 1. The molecule has 4 rings (SSSR count). The molecule has 9 nitrogen and oxygen atoms in total. The highest BCUT2D eigenvalue weighted by molar-refractivity contribution is 5.94. The highest BCUT2D eigenvalue weighted by Crippen LogP contribution is 2.15. The van der Waals surface area contributed by atoms with Gasteiger partial charge in [0.1, 0.15) is 5.69 Å². The quantitative estimate of drug-likeness (QED) is 0.656. The van der Waals surface area contributed by atoms with Crippen molar-refractivity contribution in [2.75, 3.05) is 32.7 Å². The number of amides is 1. The minimum atomic E-state index is -0.842.